The van der Waals surface area contributed by atoms with Crippen molar-refractivity contribution in [1.29, 1.82) is 0 Å². The summed E-state index contributed by atoms with van der Waals surface area (Å²) in [6.07, 6.45) is -2.64. The number of pyridine rings is 1. The summed E-state index contributed by atoms with van der Waals surface area (Å²) in [5.74, 6) is 0.546. The lowest BCUT2D eigenvalue weighted by molar-refractivity contribution is -0.137. The van der Waals surface area contributed by atoms with Crippen LogP contribution in [0.4, 0.5) is 29.5 Å². The molecule has 12 heteroatoms. The first-order chi connectivity index (χ1) is 13.5. The Kier molecular flexibility index (Phi) is 5.66. The van der Waals surface area contributed by atoms with Gasteiger partial charge in [-0.25, -0.2) is 23.3 Å². The minimum Gasteiger partial charge on any atom is -0.354 e. The molecular weight excluding hydrogens is 411 g/mol. The highest BCUT2D eigenvalue weighted by Gasteiger charge is 2.30. The van der Waals surface area contributed by atoms with Gasteiger partial charge in [0.25, 0.3) is 0 Å². The number of hydrogen-bond donors (Lipinski definition) is 3. The molecule has 0 radical (unpaired) electrons. The van der Waals surface area contributed by atoms with Crippen molar-refractivity contribution in [2.24, 2.45) is 5.14 Å². The lowest BCUT2D eigenvalue weighted by atomic mass is 10.2. The number of aromatic nitrogens is 1. The highest BCUT2D eigenvalue weighted by atomic mass is 32.2. The largest absolute Gasteiger partial charge is 0.416 e. The minimum absolute atomic E-state index is 0.0916. The van der Waals surface area contributed by atoms with Crippen LogP contribution in [-0.2, 0) is 16.2 Å². The molecule has 156 valence electrons. The van der Waals surface area contributed by atoms with E-state index in [1.54, 1.807) is 0 Å². The maximum Gasteiger partial charge on any atom is 0.416 e. The molecule has 1 aromatic carbocycles. The number of rotatable bonds is 4. The van der Waals surface area contributed by atoms with Crippen molar-refractivity contribution in [3.05, 3.63) is 48.2 Å². The smallest absolute Gasteiger partial charge is 0.354 e. The lowest BCUT2D eigenvalue weighted by Gasteiger charge is -2.18. The van der Waals surface area contributed by atoms with Gasteiger partial charge in [0.05, 0.1) is 5.56 Å². The van der Waals surface area contributed by atoms with E-state index in [1.165, 1.54) is 30.5 Å². The average molecular weight is 429 g/mol. The molecule has 0 spiro atoms. The Balaban J connectivity index is 1.53. The standard InChI is InChI=1S/C17H18F3N5O3S/c18-17(19,20)11-1-3-12(4-2-11)23-16(26)24-13-7-8-25(10-13)15-6-5-14(9-22-15)29(21,27)28/h1-6,9,13H,7-8,10H2,(H2,21,27,28)(H2,23,24,26)/t13-/m1/s1. The van der Waals surface area contributed by atoms with Gasteiger partial charge in [-0.3, -0.25) is 0 Å². The number of nitrogens with zero attached hydrogens (tertiary/aromatic N) is 2. The van der Waals surface area contributed by atoms with Gasteiger partial charge in [0.1, 0.15) is 10.7 Å². The summed E-state index contributed by atoms with van der Waals surface area (Å²) < 4.78 is 60.2. The molecular formula is C17H18F3N5O3S. The van der Waals surface area contributed by atoms with Gasteiger partial charge in [-0.05, 0) is 42.8 Å². The van der Waals surface area contributed by atoms with Crippen LogP contribution in [0.5, 0.6) is 0 Å². The van der Waals surface area contributed by atoms with Gasteiger partial charge in [0, 0.05) is 31.0 Å². The SMILES string of the molecule is NS(=O)(=O)c1ccc(N2CC[C@@H](NC(=O)Nc3ccc(C(F)(F)F)cc3)C2)nc1. The van der Waals surface area contributed by atoms with Crippen molar-refractivity contribution in [2.45, 2.75) is 23.5 Å². The summed E-state index contributed by atoms with van der Waals surface area (Å²) in [6.45, 7) is 1.04. The van der Waals surface area contributed by atoms with Crippen LogP contribution in [-0.4, -0.2) is 38.6 Å². The second-order valence-electron chi connectivity index (χ2n) is 6.50. The summed E-state index contributed by atoms with van der Waals surface area (Å²) >= 11 is 0. The fourth-order valence-electron chi connectivity index (χ4n) is 2.91. The minimum atomic E-state index is -4.44. The number of anilines is 2. The zero-order valence-corrected chi connectivity index (χ0v) is 15.8. The summed E-state index contributed by atoms with van der Waals surface area (Å²) in [4.78, 5) is 18.0. The number of amides is 2. The highest BCUT2D eigenvalue weighted by Crippen LogP contribution is 2.29. The number of hydrogen-bond acceptors (Lipinski definition) is 5. The summed E-state index contributed by atoms with van der Waals surface area (Å²) in [5.41, 5.74) is -0.554. The van der Waals surface area contributed by atoms with Crippen molar-refractivity contribution < 1.29 is 26.4 Å². The van der Waals surface area contributed by atoms with Gasteiger partial charge in [-0.15, -0.1) is 0 Å². The zero-order valence-electron chi connectivity index (χ0n) is 15.0. The predicted molar refractivity (Wildman–Crippen MR) is 99.8 cm³/mol. The Labute approximate surface area is 165 Å². The topological polar surface area (TPSA) is 117 Å². The van der Waals surface area contributed by atoms with E-state index in [1.807, 2.05) is 4.90 Å². The van der Waals surface area contributed by atoms with E-state index in [0.717, 1.165) is 12.1 Å². The van der Waals surface area contributed by atoms with Crippen molar-refractivity contribution in [3.8, 4) is 0 Å². The first-order valence-corrected chi connectivity index (χ1v) is 10.1. The third-order valence-electron chi connectivity index (χ3n) is 4.37. The first kappa shape index (κ1) is 20.9. The maximum absolute atomic E-state index is 12.6. The molecule has 2 amide bonds. The monoisotopic (exact) mass is 429 g/mol. The third kappa shape index (κ3) is 5.35. The Bertz CT molecular complexity index is 979. The first-order valence-electron chi connectivity index (χ1n) is 8.51. The van der Waals surface area contributed by atoms with Crippen LogP contribution < -0.4 is 20.7 Å². The van der Waals surface area contributed by atoms with Crippen molar-refractivity contribution in [1.82, 2.24) is 10.3 Å². The molecule has 1 aliphatic rings. The molecule has 1 aromatic heterocycles. The molecule has 1 fully saturated rings. The van der Waals surface area contributed by atoms with Gasteiger partial charge in [-0.1, -0.05) is 0 Å². The number of carbonyl (C=O) groups excluding carboxylic acids is 1. The van der Waals surface area contributed by atoms with Gasteiger partial charge < -0.3 is 15.5 Å². The number of carbonyl (C=O) groups is 1. The molecule has 8 nitrogen and oxygen atoms in total. The molecule has 1 saturated heterocycles. The van der Waals surface area contributed by atoms with Crippen LogP contribution in [0.25, 0.3) is 0 Å². The number of nitrogens with one attached hydrogen (secondary N) is 2. The number of primary sulfonamides is 1. The van der Waals surface area contributed by atoms with Crippen molar-refractivity contribution in [2.75, 3.05) is 23.3 Å². The van der Waals surface area contributed by atoms with Crippen LogP contribution in [0.3, 0.4) is 0 Å². The molecule has 1 atom stereocenters. The lowest BCUT2D eigenvalue weighted by Crippen LogP contribution is -2.39. The van der Waals surface area contributed by atoms with Crippen molar-refractivity contribution in [3.63, 3.8) is 0 Å². The molecule has 0 aliphatic carbocycles. The molecule has 0 bridgehead atoms. The van der Waals surface area contributed by atoms with E-state index in [2.05, 4.69) is 15.6 Å². The van der Waals surface area contributed by atoms with Gasteiger partial charge in [-0.2, -0.15) is 13.2 Å². The normalized spacial score (nSPS) is 17.2. The van der Waals surface area contributed by atoms with Gasteiger partial charge >= 0.3 is 12.2 Å². The Morgan fingerprint density at radius 2 is 1.86 bits per heavy atom. The molecule has 0 unspecified atom stereocenters. The van der Waals surface area contributed by atoms with Gasteiger partial charge in [0.2, 0.25) is 10.0 Å². The Morgan fingerprint density at radius 1 is 1.17 bits per heavy atom. The summed E-state index contributed by atoms with van der Waals surface area (Å²) in [7, 11) is -3.82. The van der Waals surface area contributed by atoms with E-state index in [4.69, 9.17) is 5.14 Å². The average Bonchev–Trinajstić information content (AvgIpc) is 3.09. The quantitative estimate of drug-likeness (QED) is 0.689. The van der Waals surface area contributed by atoms with Crippen LogP contribution in [0.1, 0.15) is 12.0 Å². The van der Waals surface area contributed by atoms with E-state index >= 15 is 0 Å². The third-order valence-corrected chi connectivity index (χ3v) is 5.27. The predicted octanol–water partition coefficient (Wildman–Crippen LogP) is 2.15. The Morgan fingerprint density at radius 3 is 2.41 bits per heavy atom. The molecule has 0 saturated carbocycles. The van der Waals surface area contributed by atoms with Crippen LogP contribution in [0.2, 0.25) is 0 Å². The Hall–Kier alpha value is -2.86. The van der Waals surface area contributed by atoms with Crippen LogP contribution in [0, 0.1) is 0 Å². The zero-order chi connectivity index (χ0) is 21.2. The maximum atomic E-state index is 12.6. The number of alkyl halides is 3. The second kappa shape index (κ2) is 7.87. The second-order valence-corrected chi connectivity index (χ2v) is 8.06. The molecule has 2 aromatic rings. The number of sulfonamides is 1. The number of halogens is 3. The number of urea groups is 1. The van der Waals surface area contributed by atoms with E-state index in [9.17, 15) is 26.4 Å². The number of benzene rings is 1. The molecule has 1 aliphatic heterocycles. The molecule has 3 rings (SSSR count). The molecule has 29 heavy (non-hydrogen) atoms. The fraction of sp³-hybridized carbons (Fsp3) is 0.294. The van der Waals surface area contributed by atoms with Crippen LogP contribution in [0.15, 0.2) is 47.5 Å². The highest BCUT2D eigenvalue weighted by molar-refractivity contribution is 7.89. The molecule has 2 heterocycles. The van der Waals surface area contributed by atoms with E-state index in [-0.39, 0.29) is 16.6 Å². The van der Waals surface area contributed by atoms with Gasteiger partial charge in [0.15, 0.2) is 0 Å². The fourth-order valence-corrected chi connectivity index (χ4v) is 3.37. The van der Waals surface area contributed by atoms with Crippen LogP contribution >= 0.6 is 0 Å². The van der Waals surface area contributed by atoms with E-state index in [0.29, 0.717) is 25.3 Å². The molecule has 4 N–H and O–H groups in total. The summed E-state index contributed by atoms with van der Waals surface area (Å²) in [5, 5.41) is 10.3. The number of nitrogens with two attached hydrogens (primary N) is 1. The van der Waals surface area contributed by atoms with Crippen molar-refractivity contribution >= 4 is 27.6 Å². The summed E-state index contributed by atoms with van der Waals surface area (Å²) in [6, 6.07) is 6.30. The van der Waals surface area contributed by atoms with E-state index < -0.39 is 27.8 Å².